The third-order valence-corrected chi connectivity index (χ3v) is 5.86. The van der Waals surface area contributed by atoms with Crippen molar-refractivity contribution in [3.05, 3.63) is 29.8 Å². The predicted molar refractivity (Wildman–Crippen MR) is 96.0 cm³/mol. The molecule has 0 aliphatic carbocycles. The molecule has 1 aromatic rings. The van der Waals surface area contributed by atoms with Crippen molar-refractivity contribution in [2.24, 2.45) is 5.92 Å². The molecule has 0 saturated carbocycles. The Morgan fingerprint density at radius 2 is 2.00 bits per heavy atom. The van der Waals surface area contributed by atoms with Crippen LogP contribution in [0.1, 0.15) is 25.8 Å². The molecule has 1 saturated heterocycles. The van der Waals surface area contributed by atoms with Gasteiger partial charge < -0.3 is 10.2 Å². The van der Waals surface area contributed by atoms with Crippen LogP contribution in [0.15, 0.2) is 24.3 Å². The normalized spacial score (nSPS) is 20.1. The highest BCUT2D eigenvalue weighted by Gasteiger charge is 2.33. The molecule has 1 aliphatic heterocycles. The maximum absolute atomic E-state index is 11.8. The van der Waals surface area contributed by atoms with E-state index in [0.717, 1.165) is 12.2 Å². The lowest BCUT2D eigenvalue weighted by Crippen LogP contribution is -2.45. The molecule has 0 radical (unpaired) electrons. The highest BCUT2D eigenvalue weighted by atomic mass is 32.2. The zero-order chi connectivity index (χ0) is 16.3. The van der Waals surface area contributed by atoms with Crippen LogP contribution in [-0.4, -0.2) is 42.5 Å². The molecule has 122 valence electrons. The second kappa shape index (κ2) is 6.96. The molecule has 0 amide bonds. The van der Waals surface area contributed by atoms with Gasteiger partial charge in [-0.25, -0.2) is 8.42 Å². The monoisotopic (exact) mass is 340 g/mol. The summed E-state index contributed by atoms with van der Waals surface area (Å²) >= 11 is 5.54. The van der Waals surface area contributed by atoms with Gasteiger partial charge in [-0.05, 0) is 43.6 Å². The molecule has 22 heavy (non-hydrogen) atoms. The minimum Gasteiger partial charge on any atom is -0.345 e. The van der Waals surface area contributed by atoms with Gasteiger partial charge in [0, 0.05) is 18.3 Å². The maximum Gasteiger partial charge on any atom is 0.173 e. The van der Waals surface area contributed by atoms with Crippen molar-refractivity contribution in [1.29, 1.82) is 0 Å². The van der Waals surface area contributed by atoms with E-state index in [9.17, 15) is 8.42 Å². The van der Waals surface area contributed by atoms with Crippen molar-refractivity contribution in [2.75, 3.05) is 23.4 Å². The van der Waals surface area contributed by atoms with Crippen LogP contribution in [0.4, 0.5) is 5.69 Å². The second-order valence-electron chi connectivity index (χ2n) is 6.40. The lowest BCUT2D eigenvalue weighted by molar-refractivity contribution is 0.303. The summed E-state index contributed by atoms with van der Waals surface area (Å²) in [6.07, 6.45) is 0.658. The minimum absolute atomic E-state index is 0.0159. The lowest BCUT2D eigenvalue weighted by atomic mass is 10.1. The minimum atomic E-state index is -2.92. The van der Waals surface area contributed by atoms with E-state index in [0.29, 0.717) is 17.5 Å². The standard InChI is InChI=1S/C16H24N2O2S2/c1-12(2)10-18(15-8-9-22(19,20)11-15)16(21)17-14-6-4-13(3)5-7-14/h4-7,12,15H,8-11H2,1-3H3,(H,17,21)/t15-/m0/s1. The molecule has 1 N–H and O–H groups in total. The smallest absolute Gasteiger partial charge is 0.173 e. The van der Waals surface area contributed by atoms with E-state index in [4.69, 9.17) is 12.2 Å². The van der Waals surface area contributed by atoms with Crippen molar-refractivity contribution in [2.45, 2.75) is 33.2 Å². The Hall–Kier alpha value is -1.14. The SMILES string of the molecule is Cc1ccc(NC(=S)N(CC(C)C)[C@H]2CCS(=O)(=O)C2)cc1. The molecule has 4 nitrogen and oxygen atoms in total. The van der Waals surface area contributed by atoms with Gasteiger partial charge in [-0.15, -0.1) is 0 Å². The quantitative estimate of drug-likeness (QED) is 0.854. The van der Waals surface area contributed by atoms with Gasteiger partial charge in [-0.2, -0.15) is 0 Å². The fourth-order valence-electron chi connectivity index (χ4n) is 2.64. The van der Waals surface area contributed by atoms with E-state index in [1.54, 1.807) is 0 Å². The molecule has 0 aromatic heterocycles. The van der Waals surface area contributed by atoms with Gasteiger partial charge >= 0.3 is 0 Å². The molecule has 1 aliphatic rings. The maximum atomic E-state index is 11.8. The number of thiocarbonyl (C=S) groups is 1. The fraction of sp³-hybridized carbons (Fsp3) is 0.562. The Labute approximate surface area is 138 Å². The average Bonchev–Trinajstić information content (AvgIpc) is 2.78. The number of benzene rings is 1. The van der Waals surface area contributed by atoms with Crippen molar-refractivity contribution >= 4 is 32.9 Å². The molecule has 2 rings (SSSR count). The van der Waals surface area contributed by atoms with Crippen molar-refractivity contribution < 1.29 is 8.42 Å². The summed E-state index contributed by atoms with van der Waals surface area (Å²) in [5.74, 6) is 0.885. The van der Waals surface area contributed by atoms with Crippen molar-refractivity contribution in [3.63, 3.8) is 0 Å². The van der Waals surface area contributed by atoms with E-state index in [2.05, 4.69) is 19.2 Å². The van der Waals surface area contributed by atoms with E-state index < -0.39 is 9.84 Å². The Balaban J connectivity index is 2.11. The summed E-state index contributed by atoms with van der Waals surface area (Å²) in [6.45, 7) is 7.03. The molecule has 1 atom stereocenters. The Kier molecular flexibility index (Phi) is 5.45. The van der Waals surface area contributed by atoms with Gasteiger partial charge in [0.1, 0.15) is 0 Å². The van der Waals surface area contributed by atoms with Gasteiger partial charge in [-0.1, -0.05) is 31.5 Å². The fourth-order valence-corrected chi connectivity index (χ4v) is 4.72. The van der Waals surface area contributed by atoms with Gasteiger partial charge in [0.2, 0.25) is 0 Å². The first-order chi connectivity index (χ1) is 10.3. The van der Waals surface area contributed by atoms with Gasteiger partial charge in [0.05, 0.1) is 11.5 Å². The topological polar surface area (TPSA) is 49.4 Å². The number of nitrogens with zero attached hydrogens (tertiary/aromatic N) is 1. The second-order valence-corrected chi connectivity index (χ2v) is 9.01. The van der Waals surface area contributed by atoms with E-state index in [-0.39, 0.29) is 17.5 Å². The summed E-state index contributed by atoms with van der Waals surface area (Å²) in [5, 5.41) is 3.85. The Morgan fingerprint density at radius 1 is 1.36 bits per heavy atom. The lowest BCUT2D eigenvalue weighted by Gasteiger charge is -2.32. The number of rotatable bonds is 4. The first-order valence-corrected chi connectivity index (χ1v) is 9.84. The Bertz CT molecular complexity index is 624. The molecule has 1 fully saturated rings. The number of hydrogen-bond acceptors (Lipinski definition) is 3. The molecular formula is C16H24N2O2S2. The summed E-state index contributed by atoms with van der Waals surface area (Å²) in [4.78, 5) is 2.05. The van der Waals surface area contributed by atoms with E-state index in [1.807, 2.05) is 36.1 Å². The molecule has 0 spiro atoms. The number of sulfone groups is 1. The number of anilines is 1. The largest absolute Gasteiger partial charge is 0.345 e. The van der Waals surface area contributed by atoms with E-state index >= 15 is 0 Å². The molecule has 6 heteroatoms. The van der Waals surface area contributed by atoms with Gasteiger partial charge in [-0.3, -0.25) is 0 Å². The van der Waals surface area contributed by atoms with Gasteiger partial charge in [0.25, 0.3) is 0 Å². The van der Waals surface area contributed by atoms with Crippen LogP contribution in [0.2, 0.25) is 0 Å². The Morgan fingerprint density at radius 3 is 2.50 bits per heavy atom. The number of aryl methyl sites for hydroxylation is 1. The van der Waals surface area contributed by atoms with Gasteiger partial charge in [0.15, 0.2) is 14.9 Å². The first-order valence-electron chi connectivity index (χ1n) is 7.61. The zero-order valence-electron chi connectivity index (χ0n) is 13.4. The van der Waals surface area contributed by atoms with Crippen molar-refractivity contribution in [1.82, 2.24) is 4.90 Å². The summed E-state index contributed by atoms with van der Waals surface area (Å²) in [6, 6.07) is 8.01. The summed E-state index contributed by atoms with van der Waals surface area (Å²) in [7, 11) is -2.92. The van der Waals surface area contributed by atoms with Crippen LogP contribution in [-0.2, 0) is 9.84 Å². The molecule has 1 aromatic carbocycles. The van der Waals surface area contributed by atoms with Crippen LogP contribution in [0, 0.1) is 12.8 Å². The predicted octanol–water partition coefficient (Wildman–Crippen LogP) is 2.84. The average molecular weight is 341 g/mol. The van der Waals surface area contributed by atoms with Crippen LogP contribution >= 0.6 is 12.2 Å². The van der Waals surface area contributed by atoms with Crippen molar-refractivity contribution in [3.8, 4) is 0 Å². The molecule has 0 unspecified atom stereocenters. The van der Waals surface area contributed by atoms with Crippen LogP contribution in [0.3, 0.4) is 0 Å². The number of nitrogens with one attached hydrogen (secondary N) is 1. The van der Waals surface area contributed by atoms with Crippen LogP contribution in [0.5, 0.6) is 0 Å². The zero-order valence-corrected chi connectivity index (χ0v) is 15.0. The summed E-state index contributed by atoms with van der Waals surface area (Å²) < 4.78 is 23.5. The highest BCUT2D eigenvalue weighted by molar-refractivity contribution is 7.91. The first kappa shape index (κ1) is 17.2. The highest BCUT2D eigenvalue weighted by Crippen LogP contribution is 2.20. The molecule has 1 heterocycles. The van der Waals surface area contributed by atoms with E-state index in [1.165, 1.54) is 5.56 Å². The van der Waals surface area contributed by atoms with Crippen LogP contribution < -0.4 is 5.32 Å². The molecular weight excluding hydrogens is 316 g/mol. The third-order valence-electron chi connectivity index (χ3n) is 3.77. The summed E-state index contributed by atoms with van der Waals surface area (Å²) in [5.41, 5.74) is 2.13. The third kappa shape index (κ3) is 4.68. The van der Waals surface area contributed by atoms with Crippen LogP contribution in [0.25, 0.3) is 0 Å². The number of hydrogen-bond donors (Lipinski definition) is 1. The molecule has 0 bridgehead atoms.